The Balaban J connectivity index is 2.04. The molecule has 0 bridgehead atoms. The van der Waals surface area contributed by atoms with Crippen molar-refractivity contribution in [3.63, 3.8) is 0 Å². The molecule has 0 atom stereocenters. The van der Waals surface area contributed by atoms with E-state index in [1.165, 1.54) is 29.5 Å². The van der Waals surface area contributed by atoms with Crippen LogP contribution in [0.3, 0.4) is 0 Å². The minimum Gasteiger partial charge on any atom is -0.431 e. The van der Waals surface area contributed by atoms with Gasteiger partial charge in [0.1, 0.15) is 0 Å². The molecular weight excluding hydrogens is 464 g/mol. The van der Waals surface area contributed by atoms with Crippen LogP contribution in [-0.4, -0.2) is 31.2 Å². The van der Waals surface area contributed by atoms with Gasteiger partial charge in [-0.15, -0.1) is 11.3 Å². The number of hydrogen-bond donors (Lipinski definition) is 1. The molecule has 0 saturated carbocycles. The summed E-state index contributed by atoms with van der Waals surface area (Å²) in [6.07, 6.45) is 1.58. The fourth-order valence-corrected chi connectivity index (χ4v) is 3.71. The number of ether oxygens (including phenoxy) is 2. The Morgan fingerprint density at radius 2 is 1.58 bits per heavy atom. The van der Waals surface area contributed by atoms with E-state index in [1.807, 2.05) is 0 Å². The highest BCUT2D eigenvalue weighted by atomic mass is 32.2. The maximum atomic E-state index is 12.8. The van der Waals surface area contributed by atoms with E-state index in [-0.39, 0.29) is 17.1 Å². The number of aromatic nitrogens is 1. The lowest BCUT2D eigenvalue weighted by Crippen LogP contribution is -2.16. The van der Waals surface area contributed by atoms with Crippen LogP contribution in [-0.2, 0) is 16.7 Å². The van der Waals surface area contributed by atoms with Gasteiger partial charge in [-0.3, -0.25) is 9.54 Å². The van der Waals surface area contributed by atoms with Gasteiger partial charge in [0.2, 0.25) is 0 Å². The van der Waals surface area contributed by atoms with Crippen molar-refractivity contribution < 1.29 is 40.0 Å². The monoisotopic (exact) mass is 478 g/mol. The van der Waals surface area contributed by atoms with Crippen LogP contribution in [0.25, 0.3) is 0 Å². The third kappa shape index (κ3) is 6.06. The Kier molecular flexibility index (Phi) is 6.97. The van der Waals surface area contributed by atoms with Crippen molar-refractivity contribution in [2.75, 3.05) is 4.90 Å². The molecule has 3 rings (SSSR count). The molecule has 0 amide bonds. The van der Waals surface area contributed by atoms with Crippen molar-refractivity contribution in [1.29, 1.82) is 0 Å². The normalized spacial score (nSPS) is 11.7. The molecule has 31 heavy (non-hydrogen) atoms. The Labute approximate surface area is 178 Å². The molecule has 1 heterocycles. The maximum Gasteiger partial charge on any atom is 0.387 e. The van der Waals surface area contributed by atoms with E-state index in [0.717, 1.165) is 29.1 Å². The summed E-state index contributed by atoms with van der Waals surface area (Å²) in [5.74, 6) is -1.17. The number of benzene rings is 2. The number of anilines is 2. The average Bonchev–Trinajstić information content (AvgIpc) is 3.19. The van der Waals surface area contributed by atoms with Crippen LogP contribution in [0, 0.1) is 0 Å². The molecular formula is C18H14F4N2O5S2. The lowest BCUT2D eigenvalue weighted by atomic mass is 10.2. The SMILES string of the molecule is O=S(=O)(O)c1ccc(N(Cc2cncs2)c2ccc(OC(F)F)c(OC(F)F)c2)cc1. The van der Waals surface area contributed by atoms with E-state index in [1.54, 1.807) is 16.6 Å². The van der Waals surface area contributed by atoms with Crippen LogP contribution in [0.4, 0.5) is 28.9 Å². The fourth-order valence-electron chi connectivity index (χ4n) is 2.65. The van der Waals surface area contributed by atoms with E-state index in [2.05, 4.69) is 14.5 Å². The van der Waals surface area contributed by atoms with Crippen LogP contribution >= 0.6 is 11.3 Å². The van der Waals surface area contributed by atoms with Gasteiger partial charge in [-0.05, 0) is 36.4 Å². The zero-order valence-corrected chi connectivity index (χ0v) is 17.0. The van der Waals surface area contributed by atoms with Gasteiger partial charge in [0.05, 0.1) is 17.0 Å². The zero-order chi connectivity index (χ0) is 22.6. The zero-order valence-electron chi connectivity index (χ0n) is 15.4. The highest BCUT2D eigenvalue weighted by Crippen LogP contribution is 2.37. The molecule has 7 nitrogen and oxygen atoms in total. The predicted molar refractivity (Wildman–Crippen MR) is 104 cm³/mol. The number of nitrogens with zero attached hydrogens (tertiary/aromatic N) is 2. The van der Waals surface area contributed by atoms with Gasteiger partial charge < -0.3 is 14.4 Å². The van der Waals surface area contributed by atoms with E-state index in [4.69, 9.17) is 4.55 Å². The number of halogens is 4. The topological polar surface area (TPSA) is 89.0 Å². The van der Waals surface area contributed by atoms with Crippen molar-refractivity contribution in [3.8, 4) is 11.5 Å². The van der Waals surface area contributed by atoms with E-state index in [0.29, 0.717) is 5.69 Å². The molecule has 0 fully saturated rings. The number of thiazole rings is 1. The van der Waals surface area contributed by atoms with Crippen LogP contribution in [0.2, 0.25) is 0 Å². The van der Waals surface area contributed by atoms with Crippen LogP contribution in [0.5, 0.6) is 11.5 Å². The number of alkyl halides is 4. The van der Waals surface area contributed by atoms with Gasteiger partial charge in [-0.2, -0.15) is 26.0 Å². The summed E-state index contributed by atoms with van der Waals surface area (Å²) >= 11 is 1.31. The van der Waals surface area contributed by atoms with E-state index in [9.17, 15) is 26.0 Å². The second-order valence-electron chi connectivity index (χ2n) is 5.91. The number of rotatable bonds is 9. The van der Waals surface area contributed by atoms with Crippen LogP contribution in [0.15, 0.2) is 59.1 Å². The third-order valence-corrected chi connectivity index (χ3v) is 5.55. The van der Waals surface area contributed by atoms with Gasteiger partial charge in [0.15, 0.2) is 11.5 Å². The molecule has 2 aromatic carbocycles. The molecule has 0 aliphatic carbocycles. The van der Waals surface area contributed by atoms with Gasteiger partial charge >= 0.3 is 13.2 Å². The second-order valence-corrected chi connectivity index (χ2v) is 8.30. The van der Waals surface area contributed by atoms with Crippen LogP contribution < -0.4 is 14.4 Å². The average molecular weight is 478 g/mol. The molecule has 0 spiro atoms. The Morgan fingerprint density at radius 1 is 0.968 bits per heavy atom. The molecule has 3 aromatic rings. The number of hydrogen-bond acceptors (Lipinski definition) is 7. The van der Waals surface area contributed by atoms with E-state index >= 15 is 0 Å². The quantitative estimate of drug-likeness (QED) is 0.345. The highest BCUT2D eigenvalue weighted by Gasteiger charge is 2.19. The second kappa shape index (κ2) is 9.49. The Morgan fingerprint density at radius 3 is 2.13 bits per heavy atom. The van der Waals surface area contributed by atoms with Crippen molar-refractivity contribution >= 4 is 32.8 Å². The molecule has 0 aliphatic rings. The predicted octanol–water partition coefficient (Wildman–Crippen LogP) is 4.93. The first-order chi connectivity index (χ1) is 14.6. The van der Waals surface area contributed by atoms with Crippen molar-refractivity contribution in [2.45, 2.75) is 24.7 Å². The third-order valence-electron chi connectivity index (χ3n) is 3.91. The molecule has 0 aliphatic heterocycles. The first kappa shape index (κ1) is 22.8. The minimum atomic E-state index is -4.41. The van der Waals surface area contributed by atoms with Gasteiger partial charge in [-0.25, -0.2) is 0 Å². The molecule has 166 valence electrons. The Hall–Kier alpha value is -2.90. The van der Waals surface area contributed by atoms with Gasteiger partial charge in [0, 0.05) is 28.5 Å². The first-order valence-corrected chi connectivity index (χ1v) is 10.7. The van der Waals surface area contributed by atoms with Crippen molar-refractivity contribution in [2.24, 2.45) is 0 Å². The molecule has 1 aromatic heterocycles. The fraction of sp³-hybridized carbons (Fsp3) is 0.167. The van der Waals surface area contributed by atoms with Crippen molar-refractivity contribution in [3.05, 3.63) is 59.0 Å². The standard InChI is InChI=1S/C18H14F4N2O5S2/c19-17(20)28-15-6-3-12(7-16(15)29-18(21)22)24(9-13-8-23-10-30-13)11-1-4-14(5-2-11)31(25,26)27/h1-8,10,17-18H,9H2,(H,25,26,27). The lowest BCUT2D eigenvalue weighted by molar-refractivity contribution is -0.0692. The highest BCUT2D eigenvalue weighted by molar-refractivity contribution is 7.85. The summed E-state index contributed by atoms with van der Waals surface area (Å²) in [7, 11) is -4.41. The van der Waals surface area contributed by atoms with Crippen LogP contribution in [0.1, 0.15) is 4.88 Å². The minimum absolute atomic E-state index is 0.194. The molecule has 0 saturated heterocycles. The summed E-state index contributed by atoms with van der Waals surface area (Å²) in [4.78, 5) is 5.98. The summed E-state index contributed by atoms with van der Waals surface area (Å²) in [5, 5.41) is 0. The van der Waals surface area contributed by atoms with Gasteiger partial charge in [-0.1, -0.05) is 0 Å². The largest absolute Gasteiger partial charge is 0.431 e. The maximum absolute atomic E-state index is 12.8. The summed E-state index contributed by atoms with van der Waals surface area (Å²) in [6.45, 7) is -6.33. The molecule has 1 N–H and O–H groups in total. The molecule has 0 unspecified atom stereocenters. The smallest absolute Gasteiger partial charge is 0.387 e. The molecule has 0 radical (unpaired) electrons. The molecule has 13 heteroatoms. The summed E-state index contributed by atoms with van der Waals surface area (Å²) < 4.78 is 91.1. The Bertz CT molecular complexity index is 1110. The van der Waals surface area contributed by atoms with E-state index < -0.39 is 34.8 Å². The summed E-state index contributed by atoms with van der Waals surface area (Å²) in [5.41, 5.74) is 2.27. The lowest BCUT2D eigenvalue weighted by Gasteiger charge is -2.25. The van der Waals surface area contributed by atoms with Gasteiger partial charge in [0.25, 0.3) is 10.1 Å². The van der Waals surface area contributed by atoms with Crippen molar-refractivity contribution in [1.82, 2.24) is 4.98 Å². The first-order valence-electron chi connectivity index (χ1n) is 8.39. The summed E-state index contributed by atoms with van der Waals surface area (Å²) in [6, 6.07) is 8.62.